The van der Waals surface area contributed by atoms with Gasteiger partial charge in [0.1, 0.15) is 0 Å². The Morgan fingerprint density at radius 1 is 0.963 bits per heavy atom. The van der Waals surface area contributed by atoms with Crippen molar-refractivity contribution in [3.05, 3.63) is 82.9 Å². The maximum Gasteiger partial charge on any atom is 0.249 e. The standard InChI is InChI=1S/C22H18N3O2/c1-13-9-10-16-19(11-13)25(12-14-5-2-3-6-15(14)21(23)26)18-8-4-7-17(20(16)18)22(24)27/h2-9,11H,12H2,1H3,(H2,23,26)(H2,24,27). The molecule has 133 valence electrons. The number of aromatic nitrogens is 1. The Kier molecular flexibility index (Phi) is 3.92. The summed E-state index contributed by atoms with van der Waals surface area (Å²) < 4.78 is 2.07. The molecule has 0 aliphatic rings. The zero-order valence-electron chi connectivity index (χ0n) is 14.8. The molecule has 0 bridgehead atoms. The Labute approximate surface area is 156 Å². The lowest BCUT2D eigenvalue weighted by atomic mass is 10.1. The SMILES string of the molecule is Cc1c[c]c2c3c(C(N)=O)cccc3n(Cc3ccccc3C(N)=O)c2c1. The molecule has 2 amide bonds. The van der Waals surface area contributed by atoms with E-state index in [2.05, 4.69) is 10.6 Å². The van der Waals surface area contributed by atoms with Crippen molar-refractivity contribution < 1.29 is 9.59 Å². The van der Waals surface area contributed by atoms with Gasteiger partial charge in [-0.05, 0) is 48.4 Å². The molecule has 0 spiro atoms. The Morgan fingerprint density at radius 2 is 1.67 bits per heavy atom. The lowest BCUT2D eigenvalue weighted by Crippen LogP contribution is -2.15. The minimum absolute atomic E-state index is 0.443. The van der Waals surface area contributed by atoms with Gasteiger partial charge >= 0.3 is 0 Å². The molecule has 1 aromatic heterocycles. The average Bonchev–Trinajstić information content (AvgIpc) is 2.95. The summed E-state index contributed by atoms with van der Waals surface area (Å²) in [6.07, 6.45) is 0. The number of nitrogens with two attached hydrogens (primary N) is 2. The van der Waals surface area contributed by atoms with Crippen LogP contribution in [0.4, 0.5) is 0 Å². The lowest BCUT2D eigenvalue weighted by molar-refractivity contribution is 0.0992. The van der Waals surface area contributed by atoms with Crippen molar-refractivity contribution in [3.63, 3.8) is 0 Å². The van der Waals surface area contributed by atoms with Crippen molar-refractivity contribution >= 4 is 33.6 Å². The minimum atomic E-state index is -0.480. The predicted molar refractivity (Wildman–Crippen MR) is 106 cm³/mol. The van der Waals surface area contributed by atoms with E-state index in [4.69, 9.17) is 11.5 Å². The van der Waals surface area contributed by atoms with E-state index >= 15 is 0 Å². The zero-order chi connectivity index (χ0) is 19.1. The summed E-state index contributed by atoms with van der Waals surface area (Å²) in [6, 6.07) is 20.0. The van der Waals surface area contributed by atoms with Gasteiger partial charge in [-0.3, -0.25) is 9.59 Å². The number of benzene rings is 3. The van der Waals surface area contributed by atoms with Crippen LogP contribution >= 0.6 is 0 Å². The second kappa shape index (κ2) is 6.29. The summed E-state index contributed by atoms with van der Waals surface area (Å²) in [4.78, 5) is 23.8. The number of carbonyl (C=O) groups excluding carboxylic acids is 2. The molecule has 1 heterocycles. The van der Waals surface area contributed by atoms with Crippen LogP contribution in [-0.4, -0.2) is 16.4 Å². The highest BCUT2D eigenvalue weighted by atomic mass is 16.1. The summed E-state index contributed by atoms with van der Waals surface area (Å²) in [5.74, 6) is -0.946. The van der Waals surface area contributed by atoms with Crippen molar-refractivity contribution in [2.45, 2.75) is 13.5 Å². The van der Waals surface area contributed by atoms with Gasteiger partial charge in [-0.15, -0.1) is 0 Å². The normalized spacial score (nSPS) is 11.1. The van der Waals surface area contributed by atoms with Crippen LogP contribution < -0.4 is 11.5 Å². The monoisotopic (exact) mass is 356 g/mol. The Bertz CT molecular complexity index is 1220. The molecule has 0 saturated carbocycles. The molecule has 1 radical (unpaired) electrons. The highest BCUT2D eigenvalue weighted by Gasteiger charge is 2.18. The van der Waals surface area contributed by atoms with Gasteiger partial charge in [-0.25, -0.2) is 0 Å². The molecule has 3 aromatic carbocycles. The summed E-state index contributed by atoms with van der Waals surface area (Å²) in [6.45, 7) is 2.43. The number of hydrogen-bond acceptors (Lipinski definition) is 2. The summed E-state index contributed by atoms with van der Waals surface area (Å²) >= 11 is 0. The van der Waals surface area contributed by atoms with Gasteiger partial charge in [0.2, 0.25) is 11.8 Å². The van der Waals surface area contributed by atoms with Gasteiger partial charge in [0.25, 0.3) is 0 Å². The first kappa shape index (κ1) is 16.8. The average molecular weight is 356 g/mol. The molecule has 4 aromatic rings. The Hall–Kier alpha value is -3.60. The topological polar surface area (TPSA) is 91.1 Å². The zero-order valence-corrected chi connectivity index (χ0v) is 14.8. The molecule has 5 nitrogen and oxygen atoms in total. The van der Waals surface area contributed by atoms with E-state index in [1.807, 2.05) is 43.3 Å². The van der Waals surface area contributed by atoms with E-state index in [1.165, 1.54) is 0 Å². The molecule has 27 heavy (non-hydrogen) atoms. The molecule has 0 aliphatic carbocycles. The van der Waals surface area contributed by atoms with E-state index < -0.39 is 11.8 Å². The number of rotatable bonds is 4. The Balaban J connectivity index is 2.05. The van der Waals surface area contributed by atoms with Crippen LogP contribution in [-0.2, 0) is 6.54 Å². The third-order valence-electron chi connectivity index (χ3n) is 4.82. The van der Waals surface area contributed by atoms with E-state index in [1.54, 1.807) is 18.2 Å². The third-order valence-corrected chi connectivity index (χ3v) is 4.82. The predicted octanol–water partition coefficient (Wildman–Crippen LogP) is 3.15. The first-order valence-electron chi connectivity index (χ1n) is 8.58. The summed E-state index contributed by atoms with van der Waals surface area (Å²) in [5, 5.41) is 1.61. The number of amides is 2. The number of primary amides is 2. The highest BCUT2D eigenvalue weighted by Crippen LogP contribution is 2.32. The van der Waals surface area contributed by atoms with Gasteiger partial charge in [0, 0.05) is 28.4 Å². The Morgan fingerprint density at radius 3 is 2.41 bits per heavy atom. The molecule has 0 fully saturated rings. The molecular weight excluding hydrogens is 338 g/mol. The maximum absolute atomic E-state index is 12.0. The minimum Gasteiger partial charge on any atom is -0.366 e. The van der Waals surface area contributed by atoms with E-state index in [-0.39, 0.29) is 0 Å². The fraction of sp³-hybridized carbons (Fsp3) is 0.0909. The second-order valence-corrected chi connectivity index (χ2v) is 6.61. The van der Waals surface area contributed by atoms with Crippen LogP contribution in [0, 0.1) is 13.0 Å². The molecule has 0 aliphatic heterocycles. The van der Waals surface area contributed by atoms with Gasteiger partial charge in [0.15, 0.2) is 0 Å². The molecule has 5 heteroatoms. The quantitative estimate of drug-likeness (QED) is 0.588. The fourth-order valence-electron chi connectivity index (χ4n) is 3.60. The number of carbonyl (C=O) groups is 2. The van der Waals surface area contributed by atoms with Crippen LogP contribution in [0.25, 0.3) is 21.8 Å². The van der Waals surface area contributed by atoms with Crippen LogP contribution in [0.5, 0.6) is 0 Å². The van der Waals surface area contributed by atoms with Gasteiger partial charge in [0.05, 0.1) is 11.0 Å². The van der Waals surface area contributed by atoms with Crippen molar-refractivity contribution in [1.29, 1.82) is 0 Å². The second-order valence-electron chi connectivity index (χ2n) is 6.61. The van der Waals surface area contributed by atoms with Gasteiger partial charge in [-0.1, -0.05) is 30.3 Å². The van der Waals surface area contributed by atoms with Crippen molar-refractivity contribution in [2.24, 2.45) is 11.5 Å². The van der Waals surface area contributed by atoms with Gasteiger partial charge < -0.3 is 16.0 Å². The summed E-state index contributed by atoms with van der Waals surface area (Å²) in [5.41, 5.74) is 15.7. The molecular formula is C22H18N3O2. The van der Waals surface area contributed by atoms with Crippen LogP contribution in [0.2, 0.25) is 0 Å². The highest BCUT2D eigenvalue weighted by molar-refractivity contribution is 6.17. The van der Waals surface area contributed by atoms with E-state index in [9.17, 15) is 9.59 Å². The first-order valence-corrected chi connectivity index (χ1v) is 8.58. The smallest absolute Gasteiger partial charge is 0.249 e. The molecule has 0 saturated heterocycles. The van der Waals surface area contributed by atoms with Crippen molar-refractivity contribution in [2.75, 3.05) is 0 Å². The van der Waals surface area contributed by atoms with E-state index in [0.717, 1.165) is 32.9 Å². The number of fused-ring (bicyclic) bond motifs is 3. The maximum atomic E-state index is 12.0. The summed E-state index contributed by atoms with van der Waals surface area (Å²) in [7, 11) is 0. The van der Waals surface area contributed by atoms with Crippen molar-refractivity contribution in [3.8, 4) is 0 Å². The van der Waals surface area contributed by atoms with E-state index in [0.29, 0.717) is 17.7 Å². The lowest BCUT2D eigenvalue weighted by Gasteiger charge is -2.11. The molecule has 4 N–H and O–H groups in total. The van der Waals surface area contributed by atoms with Crippen LogP contribution in [0.1, 0.15) is 31.8 Å². The van der Waals surface area contributed by atoms with Crippen LogP contribution in [0.15, 0.2) is 54.6 Å². The molecule has 4 rings (SSSR count). The largest absolute Gasteiger partial charge is 0.366 e. The van der Waals surface area contributed by atoms with Gasteiger partial charge in [-0.2, -0.15) is 0 Å². The number of nitrogens with zero attached hydrogens (tertiary/aromatic N) is 1. The third kappa shape index (κ3) is 2.73. The number of aryl methyl sites for hydroxylation is 1. The van der Waals surface area contributed by atoms with Crippen molar-refractivity contribution in [1.82, 2.24) is 4.57 Å². The van der Waals surface area contributed by atoms with Crippen LogP contribution in [0.3, 0.4) is 0 Å². The first-order chi connectivity index (χ1) is 13.0. The molecule has 0 atom stereocenters. The fourth-order valence-corrected chi connectivity index (χ4v) is 3.60. The number of hydrogen-bond donors (Lipinski definition) is 2. The molecule has 0 unspecified atom stereocenters.